The summed E-state index contributed by atoms with van der Waals surface area (Å²) in [6.45, 7) is 8.25. The van der Waals surface area contributed by atoms with Crippen molar-refractivity contribution in [1.29, 1.82) is 0 Å². The van der Waals surface area contributed by atoms with Gasteiger partial charge in [-0.3, -0.25) is 0 Å². The van der Waals surface area contributed by atoms with E-state index < -0.39 is 0 Å². The third kappa shape index (κ3) is 3.41. The van der Waals surface area contributed by atoms with Crippen molar-refractivity contribution in [1.82, 2.24) is 15.1 Å². The van der Waals surface area contributed by atoms with Gasteiger partial charge in [-0.15, -0.1) is 0 Å². The van der Waals surface area contributed by atoms with Crippen LogP contribution >= 0.6 is 11.6 Å². The standard InChI is InChI=1S/C16H22ClN3/c1-4-9-18-11-13-6-5-7-14(17)16(13)20-10-8-15(19-20)12(2)3/h5-8,10,12,18H,4,9,11H2,1-3H3. The van der Waals surface area contributed by atoms with Gasteiger partial charge in [0.05, 0.1) is 16.4 Å². The second kappa shape index (κ2) is 6.91. The van der Waals surface area contributed by atoms with Gasteiger partial charge in [0.25, 0.3) is 0 Å². The first-order chi connectivity index (χ1) is 9.63. The largest absolute Gasteiger partial charge is 0.313 e. The number of halogens is 1. The van der Waals surface area contributed by atoms with E-state index in [1.165, 1.54) is 5.56 Å². The molecule has 2 rings (SSSR count). The topological polar surface area (TPSA) is 29.9 Å². The molecule has 108 valence electrons. The number of hydrogen-bond acceptors (Lipinski definition) is 2. The van der Waals surface area contributed by atoms with Crippen molar-refractivity contribution in [3.8, 4) is 5.69 Å². The normalized spacial score (nSPS) is 11.2. The number of nitrogens with zero attached hydrogens (tertiary/aromatic N) is 2. The third-order valence-corrected chi connectivity index (χ3v) is 3.55. The van der Waals surface area contributed by atoms with Crippen molar-refractivity contribution in [2.45, 2.75) is 39.7 Å². The summed E-state index contributed by atoms with van der Waals surface area (Å²) in [5.74, 6) is 0.417. The maximum Gasteiger partial charge on any atom is 0.0876 e. The Morgan fingerprint density at radius 3 is 2.75 bits per heavy atom. The highest BCUT2D eigenvalue weighted by atomic mass is 35.5. The van der Waals surface area contributed by atoms with Gasteiger partial charge in [-0.25, -0.2) is 4.68 Å². The Bertz CT molecular complexity index is 561. The van der Waals surface area contributed by atoms with Gasteiger partial charge in [-0.2, -0.15) is 5.10 Å². The number of rotatable bonds is 6. The quantitative estimate of drug-likeness (QED) is 0.810. The molecule has 4 heteroatoms. The van der Waals surface area contributed by atoms with Gasteiger partial charge in [-0.1, -0.05) is 44.5 Å². The van der Waals surface area contributed by atoms with Gasteiger partial charge in [-0.05, 0) is 36.6 Å². The van der Waals surface area contributed by atoms with E-state index in [0.29, 0.717) is 5.92 Å². The van der Waals surface area contributed by atoms with E-state index in [2.05, 4.69) is 43.3 Å². The van der Waals surface area contributed by atoms with Crippen LogP contribution in [0.5, 0.6) is 0 Å². The summed E-state index contributed by atoms with van der Waals surface area (Å²) in [4.78, 5) is 0. The van der Waals surface area contributed by atoms with Crippen molar-refractivity contribution in [2.75, 3.05) is 6.54 Å². The fourth-order valence-electron chi connectivity index (χ4n) is 2.13. The minimum atomic E-state index is 0.417. The lowest BCUT2D eigenvalue weighted by Gasteiger charge is -2.12. The summed E-state index contributed by atoms with van der Waals surface area (Å²) in [7, 11) is 0. The Balaban J connectivity index is 2.33. The zero-order valence-electron chi connectivity index (χ0n) is 12.4. The fourth-order valence-corrected chi connectivity index (χ4v) is 2.41. The van der Waals surface area contributed by atoms with Crippen LogP contribution in [0.1, 0.15) is 44.4 Å². The molecule has 1 aromatic carbocycles. The molecule has 0 saturated heterocycles. The van der Waals surface area contributed by atoms with E-state index in [1.54, 1.807) is 0 Å². The molecule has 0 aliphatic heterocycles. The molecule has 20 heavy (non-hydrogen) atoms. The lowest BCUT2D eigenvalue weighted by Crippen LogP contribution is -2.16. The van der Waals surface area contributed by atoms with Crippen molar-refractivity contribution in [3.63, 3.8) is 0 Å². The Morgan fingerprint density at radius 2 is 2.10 bits per heavy atom. The molecule has 2 aromatic rings. The average molecular weight is 292 g/mol. The molecular weight excluding hydrogens is 270 g/mol. The highest BCUT2D eigenvalue weighted by molar-refractivity contribution is 6.32. The van der Waals surface area contributed by atoms with Gasteiger partial charge < -0.3 is 5.32 Å². The zero-order valence-corrected chi connectivity index (χ0v) is 13.1. The molecule has 1 heterocycles. The minimum absolute atomic E-state index is 0.417. The smallest absolute Gasteiger partial charge is 0.0876 e. The van der Waals surface area contributed by atoms with Gasteiger partial charge in [0.1, 0.15) is 0 Å². The molecule has 0 spiro atoms. The molecule has 1 N–H and O–H groups in total. The van der Waals surface area contributed by atoms with Crippen LogP contribution in [0, 0.1) is 0 Å². The van der Waals surface area contributed by atoms with E-state index in [9.17, 15) is 0 Å². The fraction of sp³-hybridized carbons (Fsp3) is 0.438. The average Bonchev–Trinajstić information content (AvgIpc) is 2.88. The van der Waals surface area contributed by atoms with Crippen LogP contribution in [0.3, 0.4) is 0 Å². The summed E-state index contributed by atoms with van der Waals surface area (Å²) >= 11 is 6.38. The maximum atomic E-state index is 6.38. The van der Waals surface area contributed by atoms with Gasteiger partial charge in [0, 0.05) is 12.7 Å². The summed E-state index contributed by atoms with van der Waals surface area (Å²) in [6, 6.07) is 8.05. The van der Waals surface area contributed by atoms with E-state index >= 15 is 0 Å². The molecule has 0 fully saturated rings. The first kappa shape index (κ1) is 15.1. The van der Waals surface area contributed by atoms with Crippen LogP contribution in [0.15, 0.2) is 30.5 Å². The number of aromatic nitrogens is 2. The Hall–Kier alpha value is -1.32. The lowest BCUT2D eigenvalue weighted by atomic mass is 10.1. The van der Waals surface area contributed by atoms with Crippen molar-refractivity contribution in [2.24, 2.45) is 0 Å². The third-order valence-electron chi connectivity index (χ3n) is 3.24. The second-order valence-electron chi connectivity index (χ2n) is 5.26. The predicted octanol–water partition coefficient (Wildman–Crippen LogP) is 4.15. The molecule has 3 nitrogen and oxygen atoms in total. The van der Waals surface area contributed by atoms with E-state index in [-0.39, 0.29) is 0 Å². The Morgan fingerprint density at radius 1 is 1.30 bits per heavy atom. The Kier molecular flexibility index (Phi) is 5.21. The van der Waals surface area contributed by atoms with Crippen molar-refractivity contribution < 1.29 is 0 Å². The van der Waals surface area contributed by atoms with Gasteiger partial charge in [0.15, 0.2) is 0 Å². The highest BCUT2D eigenvalue weighted by Crippen LogP contribution is 2.25. The minimum Gasteiger partial charge on any atom is -0.313 e. The highest BCUT2D eigenvalue weighted by Gasteiger charge is 2.11. The zero-order chi connectivity index (χ0) is 14.5. The van der Waals surface area contributed by atoms with Crippen LogP contribution in [-0.4, -0.2) is 16.3 Å². The first-order valence-corrected chi connectivity index (χ1v) is 7.55. The van der Waals surface area contributed by atoms with Gasteiger partial charge in [0.2, 0.25) is 0 Å². The molecule has 0 aliphatic rings. The van der Waals surface area contributed by atoms with E-state index in [4.69, 9.17) is 11.6 Å². The van der Waals surface area contributed by atoms with E-state index in [1.807, 2.05) is 23.0 Å². The molecule has 0 saturated carbocycles. The number of para-hydroxylation sites is 1. The molecule has 1 aromatic heterocycles. The van der Waals surface area contributed by atoms with E-state index in [0.717, 1.165) is 35.9 Å². The first-order valence-electron chi connectivity index (χ1n) is 7.17. The predicted molar refractivity (Wildman–Crippen MR) is 84.7 cm³/mol. The number of nitrogens with one attached hydrogen (secondary N) is 1. The molecule has 0 unspecified atom stereocenters. The molecule has 0 atom stereocenters. The Labute approximate surface area is 126 Å². The van der Waals surface area contributed by atoms with Crippen LogP contribution in [0.25, 0.3) is 5.69 Å². The molecule has 0 bridgehead atoms. The molecular formula is C16H22ClN3. The number of hydrogen-bond donors (Lipinski definition) is 1. The summed E-state index contributed by atoms with van der Waals surface area (Å²) in [5.41, 5.74) is 3.23. The van der Waals surface area contributed by atoms with Crippen LogP contribution in [-0.2, 0) is 6.54 Å². The number of benzene rings is 1. The molecule has 0 aliphatic carbocycles. The van der Waals surface area contributed by atoms with Gasteiger partial charge >= 0.3 is 0 Å². The summed E-state index contributed by atoms with van der Waals surface area (Å²) < 4.78 is 1.89. The maximum absolute atomic E-state index is 6.38. The monoisotopic (exact) mass is 291 g/mol. The van der Waals surface area contributed by atoms with Crippen LogP contribution in [0.2, 0.25) is 5.02 Å². The second-order valence-corrected chi connectivity index (χ2v) is 5.67. The summed E-state index contributed by atoms with van der Waals surface area (Å²) in [5, 5.41) is 8.79. The molecule has 0 radical (unpaired) electrons. The van der Waals surface area contributed by atoms with Crippen LogP contribution < -0.4 is 5.32 Å². The lowest BCUT2D eigenvalue weighted by molar-refractivity contribution is 0.669. The van der Waals surface area contributed by atoms with Crippen LogP contribution in [0.4, 0.5) is 0 Å². The van der Waals surface area contributed by atoms with Crippen molar-refractivity contribution >= 4 is 11.6 Å². The SMILES string of the molecule is CCCNCc1cccc(Cl)c1-n1ccc(C(C)C)n1. The molecule has 0 amide bonds. The summed E-state index contributed by atoms with van der Waals surface area (Å²) in [6.07, 6.45) is 3.11. The van der Waals surface area contributed by atoms with Crippen molar-refractivity contribution in [3.05, 3.63) is 46.7 Å².